The maximum absolute atomic E-state index is 12.8. The predicted molar refractivity (Wildman–Crippen MR) is 104 cm³/mol. The maximum atomic E-state index is 12.8. The van der Waals surface area contributed by atoms with Crippen LogP contribution in [0.5, 0.6) is 11.5 Å². The van der Waals surface area contributed by atoms with E-state index in [4.69, 9.17) is 21.1 Å². The van der Waals surface area contributed by atoms with Crippen molar-refractivity contribution in [2.75, 3.05) is 12.4 Å². The van der Waals surface area contributed by atoms with Gasteiger partial charge in [0.15, 0.2) is 5.78 Å². The highest BCUT2D eigenvalue weighted by Crippen LogP contribution is 2.27. The molecule has 1 amide bonds. The normalized spacial score (nSPS) is 10.1. The molecule has 0 atom stereocenters. The van der Waals surface area contributed by atoms with Crippen LogP contribution in [0.25, 0.3) is 0 Å². The van der Waals surface area contributed by atoms with Crippen LogP contribution in [0.4, 0.5) is 10.5 Å². The van der Waals surface area contributed by atoms with Crippen molar-refractivity contribution in [3.8, 4) is 11.5 Å². The summed E-state index contributed by atoms with van der Waals surface area (Å²) in [6, 6.07) is 20.1. The highest BCUT2D eigenvalue weighted by molar-refractivity contribution is 6.31. The molecule has 0 aromatic heterocycles. The van der Waals surface area contributed by atoms with Gasteiger partial charge in [0.05, 0.1) is 18.4 Å². The second-order valence-electron chi connectivity index (χ2n) is 5.55. The number of halogens is 1. The molecule has 136 valence electrons. The molecule has 0 spiro atoms. The summed E-state index contributed by atoms with van der Waals surface area (Å²) in [5.74, 6) is 0.310. The topological polar surface area (TPSA) is 64.6 Å². The summed E-state index contributed by atoms with van der Waals surface area (Å²) in [7, 11) is 1.50. The molecule has 0 saturated carbocycles. The van der Waals surface area contributed by atoms with Gasteiger partial charge in [0.25, 0.3) is 0 Å². The van der Waals surface area contributed by atoms with Crippen LogP contribution in [0.2, 0.25) is 5.02 Å². The highest BCUT2D eigenvalue weighted by atomic mass is 35.5. The lowest BCUT2D eigenvalue weighted by Gasteiger charge is -2.12. The number of para-hydroxylation sites is 2. The Morgan fingerprint density at radius 2 is 1.59 bits per heavy atom. The quantitative estimate of drug-likeness (QED) is 0.617. The summed E-state index contributed by atoms with van der Waals surface area (Å²) in [5, 5.41) is 2.97. The van der Waals surface area contributed by atoms with Crippen LogP contribution in [0.3, 0.4) is 0 Å². The van der Waals surface area contributed by atoms with E-state index in [9.17, 15) is 9.59 Å². The Kier molecular flexibility index (Phi) is 5.74. The van der Waals surface area contributed by atoms with Crippen LogP contribution < -0.4 is 14.8 Å². The minimum atomic E-state index is -0.746. The smallest absolute Gasteiger partial charge is 0.417 e. The van der Waals surface area contributed by atoms with Gasteiger partial charge >= 0.3 is 6.09 Å². The summed E-state index contributed by atoms with van der Waals surface area (Å²) < 4.78 is 10.6. The van der Waals surface area contributed by atoms with Gasteiger partial charge in [-0.25, -0.2) is 4.79 Å². The zero-order chi connectivity index (χ0) is 19.2. The van der Waals surface area contributed by atoms with Crippen LogP contribution in [-0.2, 0) is 0 Å². The van der Waals surface area contributed by atoms with Crippen LogP contribution in [0.1, 0.15) is 15.9 Å². The number of ether oxygens (including phenoxy) is 2. The van der Waals surface area contributed by atoms with E-state index >= 15 is 0 Å². The molecule has 1 N–H and O–H groups in total. The summed E-state index contributed by atoms with van der Waals surface area (Å²) in [4.78, 5) is 25.1. The molecule has 0 aliphatic rings. The molecule has 0 radical (unpaired) electrons. The maximum Gasteiger partial charge on any atom is 0.417 e. The number of carbonyl (C=O) groups excluding carboxylic acids is 2. The Morgan fingerprint density at radius 3 is 2.33 bits per heavy atom. The first-order valence-corrected chi connectivity index (χ1v) is 8.47. The van der Waals surface area contributed by atoms with E-state index < -0.39 is 6.09 Å². The fourth-order valence-corrected chi connectivity index (χ4v) is 2.67. The third-order valence-electron chi connectivity index (χ3n) is 3.77. The van der Waals surface area contributed by atoms with Gasteiger partial charge in [-0.1, -0.05) is 54.1 Å². The molecular weight excluding hydrogens is 366 g/mol. The van der Waals surface area contributed by atoms with Gasteiger partial charge in [-0.15, -0.1) is 0 Å². The molecule has 0 bridgehead atoms. The number of hydrogen-bond donors (Lipinski definition) is 1. The van der Waals surface area contributed by atoms with Gasteiger partial charge in [0, 0.05) is 10.6 Å². The van der Waals surface area contributed by atoms with E-state index in [-0.39, 0.29) is 17.1 Å². The van der Waals surface area contributed by atoms with Gasteiger partial charge in [-0.05, 0) is 30.3 Å². The van der Waals surface area contributed by atoms with Crippen molar-refractivity contribution in [1.29, 1.82) is 0 Å². The standard InChI is InChI=1S/C21H16ClNO4/c1-26-19-10-6-5-9-17(19)23-21(25)27-18-12-11-15(22)13-16(18)20(24)14-7-3-2-4-8-14/h2-13H,1H3,(H,23,25). The summed E-state index contributed by atoms with van der Waals surface area (Å²) in [5.41, 5.74) is 1.12. The Bertz CT molecular complexity index is 973. The number of nitrogens with one attached hydrogen (secondary N) is 1. The highest BCUT2D eigenvalue weighted by Gasteiger charge is 2.18. The molecule has 0 saturated heterocycles. The van der Waals surface area contributed by atoms with Gasteiger partial charge in [-0.3, -0.25) is 10.1 Å². The fourth-order valence-electron chi connectivity index (χ4n) is 2.50. The van der Waals surface area contributed by atoms with Crippen LogP contribution in [0, 0.1) is 0 Å². The van der Waals surface area contributed by atoms with Gasteiger partial charge in [0.2, 0.25) is 0 Å². The number of benzene rings is 3. The number of ketones is 1. The third-order valence-corrected chi connectivity index (χ3v) is 4.00. The largest absolute Gasteiger partial charge is 0.495 e. The van der Waals surface area contributed by atoms with Crippen molar-refractivity contribution in [2.45, 2.75) is 0 Å². The van der Waals surface area contributed by atoms with Crippen molar-refractivity contribution in [3.63, 3.8) is 0 Å². The Labute approximate surface area is 161 Å². The van der Waals surface area contributed by atoms with Crippen LogP contribution >= 0.6 is 11.6 Å². The Balaban J connectivity index is 1.85. The average molecular weight is 382 g/mol. The lowest BCUT2D eigenvalue weighted by Crippen LogP contribution is -2.18. The number of methoxy groups -OCH3 is 1. The third kappa shape index (κ3) is 4.46. The van der Waals surface area contributed by atoms with Crippen molar-refractivity contribution < 1.29 is 19.1 Å². The van der Waals surface area contributed by atoms with E-state index in [0.717, 1.165) is 0 Å². The molecule has 0 unspecified atom stereocenters. The number of rotatable bonds is 5. The molecule has 5 nitrogen and oxygen atoms in total. The second-order valence-corrected chi connectivity index (χ2v) is 5.99. The predicted octanol–water partition coefficient (Wildman–Crippen LogP) is 5.19. The fraction of sp³-hybridized carbons (Fsp3) is 0.0476. The van der Waals surface area contributed by atoms with E-state index in [1.807, 2.05) is 6.07 Å². The minimum Gasteiger partial charge on any atom is -0.495 e. The monoisotopic (exact) mass is 381 g/mol. The van der Waals surface area contributed by atoms with Crippen molar-refractivity contribution in [2.24, 2.45) is 0 Å². The summed E-state index contributed by atoms with van der Waals surface area (Å²) in [6.45, 7) is 0. The van der Waals surface area contributed by atoms with Gasteiger partial charge < -0.3 is 9.47 Å². The molecule has 0 aliphatic heterocycles. The molecule has 3 aromatic rings. The SMILES string of the molecule is COc1ccccc1NC(=O)Oc1ccc(Cl)cc1C(=O)c1ccccc1. The number of hydrogen-bond acceptors (Lipinski definition) is 4. The van der Waals surface area contributed by atoms with Crippen LogP contribution in [0.15, 0.2) is 72.8 Å². The summed E-state index contributed by atoms with van der Waals surface area (Å²) >= 11 is 6.03. The number of anilines is 1. The van der Waals surface area contributed by atoms with Gasteiger partial charge in [0.1, 0.15) is 11.5 Å². The van der Waals surface area contributed by atoms with Crippen molar-refractivity contribution >= 4 is 29.2 Å². The molecule has 0 heterocycles. The van der Waals surface area contributed by atoms with Crippen molar-refractivity contribution in [1.82, 2.24) is 0 Å². The first-order chi connectivity index (χ1) is 13.1. The molecule has 0 fully saturated rings. The lowest BCUT2D eigenvalue weighted by atomic mass is 10.0. The molecule has 3 aromatic carbocycles. The van der Waals surface area contributed by atoms with Gasteiger partial charge in [-0.2, -0.15) is 0 Å². The first kappa shape index (κ1) is 18.5. The average Bonchev–Trinajstić information content (AvgIpc) is 2.70. The Morgan fingerprint density at radius 1 is 0.889 bits per heavy atom. The van der Waals surface area contributed by atoms with E-state index in [1.54, 1.807) is 54.6 Å². The van der Waals surface area contributed by atoms with E-state index in [0.29, 0.717) is 22.0 Å². The number of carbonyl (C=O) groups is 2. The number of amides is 1. The lowest BCUT2D eigenvalue weighted by molar-refractivity contribution is 0.103. The molecule has 0 aliphatic carbocycles. The van der Waals surface area contributed by atoms with E-state index in [1.165, 1.54) is 19.2 Å². The molecule has 6 heteroatoms. The Hall–Kier alpha value is -3.31. The zero-order valence-electron chi connectivity index (χ0n) is 14.4. The van der Waals surface area contributed by atoms with Crippen molar-refractivity contribution in [3.05, 3.63) is 88.9 Å². The molecular formula is C21H16ClNO4. The summed E-state index contributed by atoms with van der Waals surface area (Å²) in [6.07, 6.45) is -0.746. The molecule has 3 rings (SSSR count). The first-order valence-electron chi connectivity index (χ1n) is 8.09. The van der Waals surface area contributed by atoms with E-state index in [2.05, 4.69) is 5.32 Å². The zero-order valence-corrected chi connectivity index (χ0v) is 15.2. The minimum absolute atomic E-state index is 0.112. The second kappa shape index (κ2) is 8.38. The van der Waals surface area contributed by atoms with Crippen LogP contribution in [-0.4, -0.2) is 19.0 Å². The molecule has 27 heavy (non-hydrogen) atoms.